The maximum atomic E-state index is 11.9. The molecule has 2 heteroatoms. The molecule has 2 unspecified atom stereocenters. The van der Waals surface area contributed by atoms with E-state index in [2.05, 4.69) is 13.8 Å². The van der Waals surface area contributed by atoms with Crippen molar-refractivity contribution < 1.29 is 9.90 Å². The largest absolute Gasteiger partial charge is 0.389 e. The fourth-order valence-corrected chi connectivity index (χ4v) is 7.50. The van der Waals surface area contributed by atoms with Gasteiger partial charge in [0.25, 0.3) is 0 Å². The number of fused-ring (bicyclic) bond motifs is 7. The predicted octanol–water partition coefficient (Wildman–Crippen LogP) is 3.74. The number of hydrogen-bond acceptors (Lipinski definition) is 2. The van der Waals surface area contributed by atoms with Crippen LogP contribution in [0.5, 0.6) is 0 Å². The molecule has 0 spiro atoms. The van der Waals surface area contributed by atoms with Crippen LogP contribution in [0, 0.1) is 40.4 Å². The normalized spacial score (nSPS) is 59.0. The minimum atomic E-state index is -0.366. The lowest BCUT2D eigenvalue weighted by Gasteiger charge is -2.59. The molecule has 4 fully saturated rings. The quantitative estimate of drug-likeness (QED) is 0.740. The molecule has 0 saturated heterocycles. The molecular formula is C20H28O2. The van der Waals surface area contributed by atoms with Gasteiger partial charge in [-0.15, -0.1) is 0 Å². The fourth-order valence-electron chi connectivity index (χ4n) is 7.50. The van der Waals surface area contributed by atoms with Crippen molar-refractivity contribution in [3.8, 4) is 0 Å². The first-order valence-electron chi connectivity index (χ1n) is 9.36. The Morgan fingerprint density at radius 3 is 2.68 bits per heavy atom. The molecule has 120 valence electrons. The minimum Gasteiger partial charge on any atom is -0.389 e. The second-order valence-corrected chi connectivity index (χ2v) is 9.49. The van der Waals surface area contributed by atoms with Crippen LogP contribution in [0.2, 0.25) is 0 Å². The zero-order chi connectivity index (χ0) is 15.3. The van der Waals surface area contributed by atoms with Crippen molar-refractivity contribution in [2.75, 3.05) is 0 Å². The molecule has 5 aliphatic carbocycles. The summed E-state index contributed by atoms with van der Waals surface area (Å²) in [7, 11) is 0. The van der Waals surface area contributed by atoms with Crippen molar-refractivity contribution in [1.29, 1.82) is 0 Å². The van der Waals surface area contributed by atoms with Crippen molar-refractivity contribution in [2.24, 2.45) is 40.4 Å². The van der Waals surface area contributed by atoms with Gasteiger partial charge in [-0.2, -0.15) is 0 Å². The molecule has 0 bridgehead atoms. The standard InChI is InChI=1S/C20H28O2/c1-19-5-3-12(21)9-17(19)18(22)10-13-14(19)4-6-20(2)15-7-11(15)8-16(13)20/h9,11,13-16,18,22H,3-8,10H2,1-2H3/t11?,13-,14+,15?,16+,18-,19-,20-/m1/s1. The van der Waals surface area contributed by atoms with Crippen LogP contribution in [-0.2, 0) is 4.79 Å². The summed E-state index contributed by atoms with van der Waals surface area (Å²) < 4.78 is 0. The van der Waals surface area contributed by atoms with Gasteiger partial charge in [0, 0.05) is 6.42 Å². The van der Waals surface area contributed by atoms with Crippen LogP contribution < -0.4 is 0 Å². The Hall–Kier alpha value is -0.630. The Kier molecular flexibility index (Phi) is 2.54. The van der Waals surface area contributed by atoms with Gasteiger partial charge in [-0.1, -0.05) is 13.8 Å². The molecular weight excluding hydrogens is 272 g/mol. The number of aliphatic hydroxyl groups excluding tert-OH is 1. The van der Waals surface area contributed by atoms with E-state index >= 15 is 0 Å². The van der Waals surface area contributed by atoms with Gasteiger partial charge in [-0.3, -0.25) is 4.79 Å². The third-order valence-corrected chi connectivity index (χ3v) is 8.74. The summed E-state index contributed by atoms with van der Waals surface area (Å²) in [5.74, 6) is 4.45. The average Bonchev–Trinajstić information content (AvgIpc) is 3.19. The lowest BCUT2D eigenvalue weighted by atomic mass is 9.46. The second-order valence-electron chi connectivity index (χ2n) is 9.49. The first-order chi connectivity index (χ1) is 10.4. The van der Waals surface area contributed by atoms with E-state index in [-0.39, 0.29) is 17.3 Å². The summed E-state index contributed by atoms with van der Waals surface area (Å²) in [4.78, 5) is 11.9. The molecule has 4 saturated carbocycles. The summed E-state index contributed by atoms with van der Waals surface area (Å²) in [6, 6.07) is 0. The Labute approximate surface area is 133 Å². The van der Waals surface area contributed by atoms with Crippen LogP contribution >= 0.6 is 0 Å². The maximum Gasteiger partial charge on any atom is 0.155 e. The predicted molar refractivity (Wildman–Crippen MR) is 85.1 cm³/mol. The van der Waals surface area contributed by atoms with Crippen LogP contribution in [0.1, 0.15) is 58.8 Å². The van der Waals surface area contributed by atoms with Gasteiger partial charge in [-0.05, 0) is 90.6 Å². The first kappa shape index (κ1) is 13.8. The Balaban J connectivity index is 1.54. The lowest BCUT2D eigenvalue weighted by Crippen LogP contribution is -2.53. The minimum absolute atomic E-state index is 0.0877. The second kappa shape index (κ2) is 4.06. The van der Waals surface area contributed by atoms with Gasteiger partial charge in [0.2, 0.25) is 0 Å². The summed E-state index contributed by atoms with van der Waals surface area (Å²) in [5, 5.41) is 10.8. The molecule has 1 N–H and O–H groups in total. The number of rotatable bonds is 0. The van der Waals surface area contributed by atoms with Crippen molar-refractivity contribution in [3.05, 3.63) is 11.6 Å². The average molecular weight is 300 g/mol. The van der Waals surface area contributed by atoms with Crippen molar-refractivity contribution in [3.63, 3.8) is 0 Å². The van der Waals surface area contributed by atoms with Crippen LogP contribution in [-0.4, -0.2) is 17.0 Å². The number of carbonyl (C=O) groups is 1. The smallest absolute Gasteiger partial charge is 0.155 e. The number of aliphatic hydroxyl groups is 1. The highest BCUT2D eigenvalue weighted by molar-refractivity contribution is 5.91. The van der Waals surface area contributed by atoms with E-state index in [0.29, 0.717) is 23.7 Å². The molecule has 0 aromatic heterocycles. The van der Waals surface area contributed by atoms with E-state index < -0.39 is 0 Å². The zero-order valence-electron chi connectivity index (χ0n) is 13.8. The van der Waals surface area contributed by atoms with Gasteiger partial charge in [-0.25, -0.2) is 0 Å². The third kappa shape index (κ3) is 1.53. The van der Waals surface area contributed by atoms with Gasteiger partial charge >= 0.3 is 0 Å². The number of ketones is 1. The van der Waals surface area contributed by atoms with Gasteiger partial charge in [0.15, 0.2) is 5.78 Å². The SMILES string of the molecule is C[C@]12CCC(=O)C=C1[C@H](O)C[C@@H]1[C@@H]2CC[C@]2(C)C3CC3C[C@@H]12. The van der Waals surface area contributed by atoms with Crippen molar-refractivity contribution >= 4 is 5.78 Å². The molecule has 5 aliphatic rings. The van der Waals surface area contributed by atoms with Crippen molar-refractivity contribution in [2.45, 2.75) is 64.9 Å². The highest BCUT2D eigenvalue weighted by atomic mass is 16.3. The number of carbonyl (C=O) groups excluding carboxylic acids is 1. The van der Waals surface area contributed by atoms with Crippen LogP contribution in [0.25, 0.3) is 0 Å². The molecule has 0 radical (unpaired) electrons. The van der Waals surface area contributed by atoms with E-state index in [1.54, 1.807) is 0 Å². The van der Waals surface area contributed by atoms with Gasteiger partial charge in [0.1, 0.15) is 0 Å². The van der Waals surface area contributed by atoms with E-state index in [9.17, 15) is 9.90 Å². The third-order valence-electron chi connectivity index (χ3n) is 8.74. The van der Waals surface area contributed by atoms with E-state index in [1.807, 2.05) is 6.08 Å². The highest BCUT2D eigenvalue weighted by Crippen LogP contribution is 2.73. The molecule has 22 heavy (non-hydrogen) atoms. The summed E-state index contributed by atoms with van der Waals surface area (Å²) >= 11 is 0. The van der Waals surface area contributed by atoms with Crippen LogP contribution in [0.15, 0.2) is 11.6 Å². The Morgan fingerprint density at radius 1 is 1.09 bits per heavy atom. The molecule has 8 atom stereocenters. The van der Waals surface area contributed by atoms with Crippen LogP contribution in [0.3, 0.4) is 0 Å². The molecule has 0 amide bonds. The van der Waals surface area contributed by atoms with Gasteiger partial charge in [0.05, 0.1) is 6.10 Å². The molecule has 0 aromatic rings. The highest BCUT2D eigenvalue weighted by Gasteiger charge is 2.66. The monoisotopic (exact) mass is 300 g/mol. The molecule has 0 heterocycles. The zero-order valence-corrected chi connectivity index (χ0v) is 13.8. The molecule has 2 nitrogen and oxygen atoms in total. The van der Waals surface area contributed by atoms with Crippen LogP contribution in [0.4, 0.5) is 0 Å². The summed E-state index contributed by atoms with van der Waals surface area (Å²) in [6.45, 7) is 4.90. The van der Waals surface area contributed by atoms with E-state index in [0.717, 1.165) is 36.2 Å². The van der Waals surface area contributed by atoms with Crippen molar-refractivity contribution in [1.82, 2.24) is 0 Å². The summed E-state index contributed by atoms with van der Waals surface area (Å²) in [6.07, 6.45) is 9.60. The van der Waals surface area contributed by atoms with E-state index in [4.69, 9.17) is 0 Å². The fraction of sp³-hybridized carbons (Fsp3) is 0.850. The maximum absolute atomic E-state index is 11.9. The van der Waals surface area contributed by atoms with Gasteiger partial charge < -0.3 is 5.11 Å². The van der Waals surface area contributed by atoms with E-state index in [1.165, 1.54) is 25.7 Å². The topological polar surface area (TPSA) is 37.3 Å². The molecule has 0 aliphatic heterocycles. The Bertz CT molecular complexity index is 578. The summed E-state index contributed by atoms with van der Waals surface area (Å²) in [5.41, 5.74) is 1.73. The first-order valence-corrected chi connectivity index (χ1v) is 9.36. The Morgan fingerprint density at radius 2 is 1.86 bits per heavy atom. The molecule has 5 rings (SSSR count). The lowest BCUT2D eigenvalue weighted by molar-refractivity contribution is -0.119. The molecule has 0 aromatic carbocycles. The number of hydrogen-bond donors (Lipinski definition) is 1.